The van der Waals surface area contributed by atoms with E-state index in [9.17, 15) is 5.11 Å². The molecule has 17 heavy (non-hydrogen) atoms. The van der Waals surface area contributed by atoms with Crippen LogP contribution in [0.2, 0.25) is 0 Å². The average Bonchev–Trinajstić information content (AvgIpc) is 2.39. The van der Waals surface area contributed by atoms with Gasteiger partial charge in [0, 0.05) is 37.1 Å². The maximum Gasteiger partial charge on any atom is 0.0709 e. The lowest BCUT2D eigenvalue weighted by molar-refractivity contribution is -0.0612. The number of anilines is 1. The minimum Gasteiger partial charge on any atom is -0.389 e. The molecular formula is C14H20N2O. The van der Waals surface area contributed by atoms with Gasteiger partial charge in [0.2, 0.25) is 0 Å². The van der Waals surface area contributed by atoms with E-state index in [1.807, 2.05) is 12.4 Å². The zero-order valence-corrected chi connectivity index (χ0v) is 10.2. The van der Waals surface area contributed by atoms with Gasteiger partial charge in [0.05, 0.1) is 5.60 Å². The Balaban J connectivity index is 1.76. The highest BCUT2D eigenvalue weighted by molar-refractivity contribution is 5.45. The molecule has 0 radical (unpaired) electrons. The van der Waals surface area contributed by atoms with E-state index in [1.54, 1.807) is 0 Å². The minimum atomic E-state index is -0.373. The normalized spacial score (nSPS) is 33.2. The summed E-state index contributed by atoms with van der Waals surface area (Å²) in [6, 6.07) is 4.13. The molecule has 0 aromatic carbocycles. The summed E-state index contributed by atoms with van der Waals surface area (Å²) in [5.41, 5.74) is 0.870. The molecule has 1 N–H and O–H groups in total. The van der Waals surface area contributed by atoms with Crippen LogP contribution in [0.1, 0.15) is 32.1 Å². The highest BCUT2D eigenvalue weighted by atomic mass is 16.3. The summed E-state index contributed by atoms with van der Waals surface area (Å²) < 4.78 is 0. The molecular weight excluding hydrogens is 212 g/mol. The number of rotatable bonds is 1. The van der Waals surface area contributed by atoms with Crippen molar-refractivity contribution >= 4 is 5.69 Å². The predicted molar refractivity (Wildman–Crippen MR) is 68.0 cm³/mol. The summed E-state index contributed by atoms with van der Waals surface area (Å²) >= 11 is 0. The number of fused-ring (bicyclic) bond motifs is 1. The van der Waals surface area contributed by atoms with Gasteiger partial charge in [-0.1, -0.05) is 12.8 Å². The summed E-state index contributed by atoms with van der Waals surface area (Å²) in [5.74, 6) is 0.457. The van der Waals surface area contributed by atoms with Gasteiger partial charge in [-0.25, -0.2) is 0 Å². The second kappa shape index (κ2) is 4.30. The molecule has 1 saturated heterocycles. The highest BCUT2D eigenvalue weighted by Crippen LogP contribution is 2.40. The Morgan fingerprint density at radius 1 is 1.24 bits per heavy atom. The molecule has 1 aromatic rings. The summed E-state index contributed by atoms with van der Waals surface area (Å²) in [7, 11) is 0. The Bertz CT molecular complexity index is 381. The van der Waals surface area contributed by atoms with Gasteiger partial charge < -0.3 is 10.0 Å². The molecule has 2 aliphatic rings. The summed E-state index contributed by atoms with van der Waals surface area (Å²) in [6.07, 6.45) is 9.26. The van der Waals surface area contributed by atoms with E-state index in [0.29, 0.717) is 5.92 Å². The van der Waals surface area contributed by atoms with Gasteiger partial charge >= 0.3 is 0 Å². The number of pyridine rings is 1. The largest absolute Gasteiger partial charge is 0.389 e. The molecule has 0 spiro atoms. The molecule has 2 atom stereocenters. The molecule has 3 nitrogen and oxygen atoms in total. The standard InChI is InChI=1S/C14H20N2O/c17-14-6-2-1-3-12(14)11-16(10-7-14)13-4-8-15-9-5-13/h4-5,8-9,12,17H,1-3,6-7,10-11H2. The molecule has 2 fully saturated rings. The van der Waals surface area contributed by atoms with Crippen molar-refractivity contribution in [1.82, 2.24) is 4.98 Å². The van der Waals surface area contributed by atoms with Gasteiger partial charge in [-0.2, -0.15) is 0 Å². The second-order valence-corrected chi connectivity index (χ2v) is 5.45. The van der Waals surface area contributed by atoms with Crippen molar-refractivity contribution in [2.75, 3.05) is 18.0 Å². The molecule has 2 unspecified atom stereocenters. The minimum absolute atomic E-state index is 0.373. The molecule has 1 aliphatic heterocycles. The first-order valence-electron chi connectivity index (χ1n) is 6.65. The zero-order chi connectivity index (χ0) is 11.7. The fourth-order valence-electron chi connectivity index (χ4n) is 3.36. The van der Waals surface area contributed by atoms with E-state index in [1.165, 1.54) is 24.9 Å². The van der Waals surface area contributed by atoms with Crippen LogP contribution in [-0.4, -0.2) is 28.8 Å². The monoisotopic (exact) mass is 232 g/mol. The van der Waals surface area contributed by atoms with Gasteiger partial charge in [-0.05, 0) is 31.4 Å². The summed E-state index contributed by atoms with van der Waals surface area (Å²) in [5, 5.41) is 10.6. The van der Waals surface area contributed by atoms with Crippen molar-refractivity contribution in [3.63, 3.8) is 0 Å². The fourth-order valence-corrected chi connectivity index (χ4v) is 3.36. The lowest BCUT2D eigenvalue weighted by atomic mass is 9.71. The van der Waals surface area contributed by atoms with Crippen molar-refractivity contribution in [1.29, 1.82) is 0 Å². The highest BCUT2D eigenvalue weighted by Gasteiger charge is 2.42. The van der Waals surface area contributed by atoms with Gasteiger partial charge in [0.1, 0.15) is 0 Å². The van der Waals surface area contributed by atoms with Crippen LogP contribution in [0.15, 0.2) is 24.5 Å². The quantitative estimate of drug-likeness (QED) is 0.806. The van der Waals surface area contributed by atoms with Crippen LogP contribution in [0.4, 0.5) is 5.69 Å². The Morgan fingerprint density at radius 3 is 2.88 bits per heavy atom. The average molecular weight is 232 g/mol. The molecule has 1 aromatic heterocycles. The van der Waals surface area contributed by atoms with Gasteiger partial charge in [-0.3, -0.25) is 4.98 Å². The Labute approximate surface area is 102 Å². The molecule has 92 valence electrons. The molecule has 2 heterocycles. The third-order valence-corrected chi connectivity index (χ3v) is 4.46. The van der Waals surface area contributed by atoms with Crippen molar-refractivity contribution in [2.24, 2.45) is 5.92 Å². The van der Waals surface area contributed by atoms with Crippen LogP contribution in [-0.2, 0) is 0 Å². The van der Waals surface area contributed by atoms with Crippen molar-refractivity contribution < 1.29 is 5.11 Å². The first-order chi connectivity index (χ1) is 8.28. The first kappa shape index (κ1) is 11.0. The zero-order valence-electron chi connectivity index (χ0n) is 10.2. The van der Waals surface area contributed by atoms with Crippen LogP contribution < -0.4 is 4.90 Å². The van der Waals surface area contributed by atoms with Crippen LogP contribution in [0.25, 0.3) is 0 Å². The number of aliphatic hydroxyl groups is 1. The molecule has 0 amide bonds. The number of hydrogen-bond acceptors (Lipinski definition) is 3. The Kier molecular flexibility index (Phi) is 2.79. The molecule has 3 rings (SSSR count). The smallest absolute Gasteiger partial charge is 0.0709 e. The van der Waals surface area contributed by atoms with Crippen molar-refractivity contribution in [3.8, 4) is 0 Å². The number of aromatic nitrogens is 1. The predicted octanol–water partition coefficient (Wildman–Crippen LogP) is 2.21. The van der Waals surface area contributed by atoms with Crippen LogP contribution in [0.3, 0.4) is 0 Å². The third kappa shape index (κ3) is 2.04. The van der Waals surface area contributed by atoms with E-state index in [4.69, 9.17) is 0 Å². The van der Waals surface area contributed by atoms with Crippen molar-refractivity contribution in [2.45, 2.75) is 37.7 Å². The first-order valence-corrected chi connectivity index (χ1v) is 6.65. The Morgan fingerprint density at radius 2 is 2.06 bits per heavy atom. The van der Waals surface area contributed by atoms with E-state index in [2.05, 4.69) is 22.0 Å². The lowest BCUT2D eigenvalue weighted by Gasteiger charge is -2.48. The van der Waals surface area contributed by atoms with Gasteiger partial charge in [-0.15, -0.1) is 0 Å². The molecule has 0 bridgehead atoms. The number of nitrogens with zero attached hydrogens (tertiary/aromatic N) is 2. The maximum absolute atomic E-state index is 10.6. The third-order valence-electron chi connectivity index (χ3n) is 4.46. The van der Waals surface area contributed by atoms with Crippen LogP contribution in [0.5, 0.6) is 0 Å². The number of piperidine rings is 1. The molecule has 1 saturated carbocycles. The molecule has 3 heteroatoms. The molecule has 1 aliphatic carbocycles. The summed E-state index contributed by atoms with van der Waals surface area (Å²) in [6.45, 7) is 1.97. The van der Waals surface area contributed by atoms with E-state index in [0.717, 1.165) is 25.9 Å². The van der Waals surface area contributed by atoms with Crippen LogP contribution >= 0.6 is 0 Å². The SMILES string of the molecule is OC12CCCCC1CN(c1ccncc1)CC2. The lowest BCUT2D eigenvalue weighted by Crippen LogP contribution is -2.53. The number of hydrogen-bond donors (Lipinski definition) is 1. The van der Waals surface area contributed by atoms with Crippen molar-refractivity contribution in [3.05, 3.63) is 24.5 Å². The van der Waals surface area contributed by atoms with Gasteiger partial charge in [0.15, 0.2) is 0 Å². The van der Waals surface area contributed by atoms with E-state index < -0.39 is 0 Å². The van der Waals surface area contributed by atoms with Gasteiger partial charge in [0.25, 0.3) is 0 Å². The fraction of sp³-hybridized carbons (Fsp3) is 0.643. The second-order valence-electron chi connectivity index (χ2n) is 5.45. The van der Waals surface area contributed by atoms with Crippen LogP contribution in [0, 0.1) is 5.92 Å². The maximum atomic E-state index is 10.6. The Hall–Kier alpha value is -1.09. The van der Waals surface area contributed by atoms with E-state index in [-0.39, 0.29) is 5.60 Å². The van der Waals surface area contributed by atoms with E-state index >= 15 is 0 Å². The summed E-state index contributed by atoms with van der Waals surface area (Å²) in [4.78, 5) is 6.45. The topological polar surface area (TPSA) is 36.4 Å².